The van der Waals surface area contributed by atoms with Crippen molar-refractivity contribution in [1.82, 2.24) is 4.90 Å². The van der Waals surface area contributed by atoms with Crippen LogP contribution in [0.25, 0.3) is 0 Å². The summed E-state index contributed by atoms with van der Waals surface area (Å²) < 4.78 is 5.48. The van der Waals surface area contributed by atoms with E-state index in [4.69, 9.17) is 4.74 Å². The molecule has 2 rings (SSSR count). The molecule has 0 unspecified atom stereocenters. The van der Waals surface area contributed by atoms with Crippen LogP contribution in [0.4, 0.5) is 0 Å². The lowest BCUT2D eigenvalue weighted by Crippen LogP contribution is -2.41. The average Bonchev–Trinajstić information content (AvgIpc) is 2.66. The van der Waals surface area contributed by atoms with E-state index < -0.39 is 0 Å². The highest BCUT2D eigenvalue weighted by atomic mass is 16.5. The number of carbonyl (C=O) groups is 1. The molecule has 1 aromatic rings. The van der Waals surface area contributed by atoms with Gasteiger partial charge in [-0.25, -0.2) is 0 Å². The first-order valence-corrected chi connectivity index (χ1v) is 5.99. The molecule has 0 bridgehead atoms. The summed E-state index contributed by atoms with van der Waals surface area (Å²) in [5.74, 6) is 0. The van der Waals surface area contributed by atoms with E-state index in [1.54, 1.807) is 0 Å². The molecule has 0 aliphatic carbocycles. The number of rotatable bonds is 4. The highest BCUT2D eigenvalue weighted by Crippen LogP contribution is 2.21. The van der Waals surface area contributed by atoms with Crippen molar-refractivity contribution in [2.45, 2.75) is 25.8 Å². The molecule has 1 aromatic carbocycles. The highest BCUT2D eigenvalue weighted by molar-refractivity contribution is 5.74. The lowest BCUT2D eigenvalue weighted by Gasteiger charge is -2.28. The van der Waals surface area contributed by atoms with Crippen molar-refractivity contribution in [3.63, 3.8) is 0 Å². The molecular formula is C14H19NO2. The fraction of sp³-hybridized carbons (Fsp3) is 0.500. The molecule has 3 heteroatoms. The van der Waals surface area contributed by atoms with Crippen LogP contribution in [-0.4, -0.2) is 36.6 Å². The molecule has 0 saturated carbocycles. The molecule has 1 aliphatic heterocycles. The topological polar surface area (TPSA) is 29.5 Å². The summed E-state index contributed by atoms with van der Waals surface area (Å²) >= 11 is 0. The number of carbonyl (C=O) groups excluding carboxylic acids is 1. The van der Waals surface area contributed by atoms with Gasteiger partial charge < -0.3 is 4.74 Å². The molecule has 0 N–H and O–H groups in total. The van der Waals surface area contributed by atoms with Crippen LogP contribution in [0.1, 0.15) is 29.8 Å². The van der Waals surface area contributed by atoms with Crippen LogP contribution in [0.5, 0.6) is 0 Å². The molecule has 1 fully saturated rings. The molecule has 1 heterocycles. The van der Waals surface area contributed by atoms with E-state index in [1.807, 2.05) is 18.2 Å². The van der Waals surface area contributed by atoms with E-state index in [0.717, 1.165) is 31.4 Å². The monoisotopic (exact) mass is 233 g/mol. The maximum atomic E-state index is 10.7. The standard InChI is InChI=1S/C14H19NO2/c1-14(2)10-17-11-15(14)7-6-12-4-3-5-13(8-12)9-16/h3-5,8-9H,6-7,10-11H2,1-2H3. The largest absolute Gasteiger partial charge is 0.364 e. The lowest BCUT2D eigenvalue weighted by molar-refractivity contribution is 0.112. The van der Waals surface area contributed by atoms with Gasteiger partial charge in [-0.1, -0.05) is 18.2 Å². The third-order valence-corrected chi connectivity index (χ3v) is 3.32. The molecular weight excluding hydrogens is 214 g/mol. The summed E-state index contributed by atoms with van der Waals surface area (Å²) in [6.07, 6.45) is 1.85. The van der Waals surface area contributed by atoms with Crippen LogP contribution in [0.3, 0.4) is 0 Å². The average molecular weight is 233 g/mol. The molecule has 0 amide bonds. The first kappa shape index (κ1) is 12.3. The fourth-order valence-electron chi connectivity index (χ4n) is 2.12. The molecule has 0 radical (unpaired) electrons. The maximum Gasteiger partial charge on any atom is 0.150 e. The predicted molar refractivity (Wildman–Crippen MR) is 67.1 cm³/mol. The van der Waals surface area contributed by atoms with Crippen LogP contribution < -0.4 is 0 Å². The number of hydrogen-bond acceptors (Lipinski definition) is 3. The summed E-state index contributed by atoms with van der Waals surface area (Å²) in [5, 5.41) is 0. The van der Waals surface area contributed by atoms with Crippen molar-refractivity contribution in [2.75, 3.05) is 19.9 Å². The predicted octanol–water partition coefficient (Wildman–Crippen LogP) is 2.11. The SMILES string of the molecule is CC1(C)COCN1CCc1cccc(C=O)c1. The van der Waals surface area contributed by atoms with Gasteiger partial charge in [0, 0.05) is 17.6 Å². The van der Waals surface area contributed by atoms with Gasteiger partial charge in [0.25, 0.3) is 0 Å². The molecule has 0 aromatic heterocycles. The van der Waals surface area contributed by atoms with Gasteiger partial charge in [-0.15, -0.1) is 0 Å². The Kier molecular flexibility index (Phi) is 3.60. The van der Waals surface area contributed by atoms with Crippen molar-refractivity contribution >= 4 is 6.29 Å². The second-order valence-corrected chi connectivity index (χ2v) is 5.17. The van der Waals surface area contributed by atoms with E-state index in [2.05, 4.69) is 24.8 Å². The van der Waals surface area contributed by atoms with Crippen LogP contribution in [0.15, 0.2) is 24.3 Å². The Hall–Kier alpha value is -1.19. The Bertz CT molecular complexity index is 401. The van der Waals surface area contributed by atoms with Crippen molar-refractivity contribution in [3.05, 3.63) is 35.4 Å². The van der Waals surface area contributed by atoms with E-state index in [0.29, 0.717) is 6.73 Å². The van der Waals surface area contributed by atoms with Crippen LogP contribution in [-0.2, 0) is 11.2 Å². The van der Waals surface area contributed by atoms with Crippen LogP contribution in [0.2, 0.25) is 0 Å². The molecule has 1 aliphatic rings. The highest BCUT2D eigenvalue weighted by Gasteiger charge is 2.32. The summed E-state index contributed by atoms with van der Waals surface area (Å²) in [6, 6.07) is 7.79. The van der Waals surface area contributed by atoms with Crippen molar-refractivity contribution in [2.24, 2.45) is 0 Å². The fourth-order valence-corrected chi connectivity index (χ4v) is 2.12. The second kappa shape index (κ2) is 4.98. The minimum atomic E-state index is 0.127. The number of aldehydes is 1. The third kappa shape index (κ3) is 2.93. The summed E-state index contributed by atoms with van der Waals surface area (Å²) in [4.78, 5) is 13.0. The number of benzene rings is 1. The Labute approximate surface area is 102 Å². The van der Waals surface area contributed by atoms with E-state index in [-0.39, 0.29) is 5.54 Å². The van der Waals surface area contributed by atoms with Gasteiger partial charge in [0.2, 0.25) is 0 Å². The Morgan fingerprint density at radius 2 is 2.29 bits per heavy atom. The zero-order valence-electron chi connectivity index (χ0n) is 10.5. The minimum absolute atomic E-state index is 0.127. The van der Waals surface area contributed by atoms with E-state index in [9.17, 15) is 4.79 Å². The van der Waals surface area contributed by atoms with Gasteiger partial charge in [-0.05, 0) is 31.9 Å². The van der Waals surface area contributed by atoms with Gasteiger partial charge in [0.15, 0.2) is 0 Å². The Morgan fingerprint density at radius 1 is 1.47 bits per heavy atom. The molecule has 3 nitrogen and oxygen atoms in total. The number of nitrogens with zero attached hydrogens (tertiary/aromatic N) is 1. The van der Waals surface area contributed by atoms with Gasteiger partial charge in [-0.2, -0.15) is 0 Å². The van der Waals surface area contributed by atoms with Crippen molar-refractivity contribution < 1.29 is 9.53 Å². The van der Waals surface area contributed by atoms with Crippen molar-refractivity contribution in [3.8, 4) is 0 Å². The maximum absolute atomic E-state index is 10.7. The van der Waals surface area contributed by atoms with Gasteiger partial charge in [0.1, 0.15) is 6.29 Å². The second-order valence-electron chi connectivity index (χ2n) is 5.17. The summed E-state index contributed by atoms with van der Waals surface area (Å²) in [7, 11) is 0. The quantitative estimate of drug-likeness (QED) is 0.746. The molecule has 1 saturated heterocycles. The molecule has 0 atom stereocenters. The minimum Gasteiger partial charge on any atom is -0.364 e. The third-order valence-electron chi connectivity index (χ3n) is 3.32. The van der Waals surface area contributed by atoms with E-state index >= 15 is 0 Å². The summed E-state index contributed by atoms with van der Waals surface area (Å²) in [6.45, 7) is 6.86. The van der Waals surface area contributed by atoms with Gasteiger partial charge in [-0.3, -0.25) is 9.69 Å². The Balaban J connectivity index is 1.95. The van der Waals surface area contributed by atoms with Crippen molar-refractivity contribution in [1.29, 1.82) is 0 Å². The van der Waals surface area contributed by atoms with E-state index in [1.165, 1.54) is 5.56 Å². The molecule has 17 heavy (non-hydrogen) atoms. The first-order valence-electron chi connectivity index (χ1n) is 5.99. The summed E-state index contributed by atoms with van der Waals surface area (Å²) in [5.41, 5.74) is 2.08. The normalized spacial score (nSPS) is 19.4. The van der Waals surface area contributed by atoms with Gasteiger partial charge >= 0.3 is 0 Å². The lowest BCUT2D eigenvalue weighted by atomic mass is 10.0. The Morgan fingerprint density at radius 3 is 2.94 bits per heavy atom. The zero-order chi connectivity index (χ0) is 12.3. The van der Waals surface area contributed by atoms with Crippen LogP contribution in [0, 0.1) is 0 Å². The zero-order valence-corrected chi connectivity index (χ0v) is 10.5. The number of hydrogen-bond donors (Lipinski definition) is 0. The molecule has 92 valence electrons. The van der Waals surface area contributed by atoms with Crippen LogP contribution >= 0.6 is 0 Å². The van der Waals surface area contributed by atoms with Gasteiger partial charge in [0.05, 0.1) is 13.3 Å². The smallest absolute Gasteiger partial charge is 0.150 e. The molecule has 0 spiro atoms. The number of ether oxygens (including phenoxy) is 1. The first-order chi connectivity index (χ1) is 8.12.